The molecule has 29 heteroatoms. The lowest BCUT2D eigenvalue weighted by atomic mass is 10.0. The van der Waals surface area contributed by atoms with Crippen LogP contribution >= 0.6 is 0 Å². The van der Waals surface area contributed by atoms with E-state index in [1.807, 2.05) is 18.2 Å². The molecule has 4 heterocycles. The van der Waals surface area contributed by atoms with Crippen LogP contribution in [0.25, 0.3) is 10.9 Å². The highest BCUT2D eigenvalue weighted by Gasteiger charge is 2.39. The van der Waals surface area contributed by atoms with Crippen LogP contribution in [0.4, 0.5) is 0 Å². The summed E-state index contributed by atoms with van der Waals surface area (Å²) < 4.78 is 0. The van der Waals surface area contributed by atoms with E-state index in [0.29, 0.717) is 12.0 Å². The molecule has 2 aliphatic rings. The van der Waals surface area contributed by atoms with E-state index in [1.54, 1.807) is 42.6 Å². The minimum Gasteiger partial charge on any atom is -0.370 e. The van der Waals surface area contributed by atoms with Crippen LogP contribution < -0.4 is 70.4 Å². The van der Waals surface area contributed by atoms with Crippen molar-refractivity contribution in [3.05, 3.63) is 90.1 Å². The normalized spacial score (nSPS) is 22.8. The maximum atomic E-state index is 14.8. The van der Waals surface area contributed by atoms with E-state index >= 15 is 0 Å². The van der Waals surface area contributed by atoms with Crippen molar-refractivity contribution in [1.29, 1.82) is 10.8 Å². The molecule has 2 aromatic heterocycles. The summed E-state index contributed by atoms with van der Waals surface area (Å²) >= 11 is 0. The molecule has 82 heavy (non-hydrogen) atoms. The Morgan fingerprint density at radius 1 is 0.707 bits per heavy atom. The van der Waals surface area contributed by atoms with Gasteiger partial charge in [0, 0.05) is 75.7 Å². The monoisotopic (exact) mass is 1140 g/mol. The van der Waals surface area contributed by atoms with Gasteiger partial charge in [-0.1, -0.05) is 48.5 Å². The molecule has 2 saturated heterocycles. The number of H-pyrrole nitrogens is 2. The Labute approximate surface area is 471 Å². The number of para-hydroxylation sites is 1. The third-order valence-corrected chi connectivity index (χ3v) is 13.8. The predicted octanol–water partition coefficient (Wildman–Crippen LogP) is -3.23. The molecule has 0 spiro atoms. The van der Waals surface area contributed by atoms with Gasteiger partial charge in [-0.2, -0.15) is 0 Å². The maximum absolute atomic E-state index is 14.8. The van der Waals surface area contributed by atoms with Crippen LogP contribution in [0.5, 0.6) is 0 Å². The lowest BCUT2D eigenvalue weighted by molar-refractivity contribution is -0.144. The Morgan fingerprint density at radius 3 is 2.04 bits per heavy atom. The smallest absolute Gasteiger partial charge is 0.247 e. The second-order valence-corrected chi connectivity index (χ2v) is 20.1. The molecule has 0 aliphatic carbocycles. The van der Waals surface area contributed by atoms with Crippen LogP contribution in [-0.4, -0.2) is 159 Å². The number of nitrogens with two attached hydrogens (primary N) is 3. The van der Waals surface area contributed by atoms with Gasteiger partial charge in [0.25, 0.3) is 0 Å². The van der Waals surface area contributed by atoms with E-state index in [2.05, 4.69) is 68.1 Å². The van der Waals surface area contributed by atoms with Crippen molar-refractivity contribution in [2.45, 2.75) is 126 Å². The zero-order valence-electron chi connectivity index (χ0n) is 45.4. The number of carbonyl (C=O) groups is 10. The van der Waals surface area contributed by atoms with Crippen LogP contribution in [0, 0.1) is 10.8 Å². The number of imidazole rings is 1. The third-order valence-electron chi connectivity index (χ3n) is 13.8. The van der Waals surface area contributed by atoms with Crippen molar-refractivity contribution in [2.75, 3.05) is 26.2 Å². The van der Waals surface area contributed by atoms with E-state index in [0.717, 1.165) is 10.9 Å². The number of amides is 10. The molecule has 2 fully saturated rings. The SMILES string of the molecule is CC(=O)N1C[C@H](CC(=O)N[C@H]2CC(=O)NCCCC[C@@H](C(N)=O)NC(=O)[C@H](Cc3c[nH]c4ccccc34)NC(=O)[C@H](CCCNC(=N)N)NC(=O)C(c3ccccc3)NC(=O)[C@H](Cc3c[nH]cn3)NC2=O)NC(=O)[C@@H]1CCCNC(=N)N. The number of primary amides is 1. The van der Waals surface area contributed by atoms with Crippen molar-refractivity contribution in [3.8, 4) is 0 Å². The molecule has 0 bridgehead atoms. The summed E-state index contributed by atoms with van der Waals surface area (Å²) in [6, 6.07) is 4.70. The summed E-state index contributed by atoms with van der Waals surface area (Å²) in [4.78, 5) is 151. The number of hydrogen-bond donors (Lipinski definition) is 17. The molecule has 4 aromatic rings. The van der Waals surface area contributed by atoms with E-state index in [4.69, 9.17) is 28.0 Å². The number of nitrogens with zero attached hydrogens (tertiary/aromatic N) is 2. The van der Waals surface area contributed by atoms with Crippen molar-refractivity contribution >= 4 is 81.9 Å². The van der Waals surface area contributed by atoms with Gasteiger partial charge in [0.2, 0.25) is 59.1 Å². The van der Waals surface area contributed by atoms with E-state index in [1.165, 1.54) is 24.3 Å². The summed E-state index contributed by atoms with van der Waals surface area (Å²) in [6.45, 7) is 1.57. The molecule has 29 nitrogen and oxygen atoms in total. The largest absolute Gasteiger partial charge is 0.370 e. The summed E-state index contributed by atoms with van der Waals surface area (Å²) in [5, 5.41) is 42.6. The fraction of sp³-hybridized carbons (Fsp3) is 0.453. The van der Waals surface area contributed by atoms with Gasteiger partial charge >= 0.3 is 0 Å². The van der Waals surface area contributed by atoms with Gasteiger partial charge in [-0.3, -0.25) is 58.8 Å². The van der Waals surface area contributed by atoms with Gasteiger partial charge in [-0.15, -0.1) is 0 Å². The van der Waals surface area contributed by atoms with Crippen molar-refractivity contribution in [2.24, 2.45) is 17.2 Å². The van der Waals surface area contributed by atoms with Gasteiger partial charge in [-0.25, -0.2) is 4.98 Å². The Morgan fingerprint density at radius 2 is 1.35 bits per heavy atom. The van der Waals surface area contributed by atoms with Crippen LogP contribution in [-0.2, 0) is 60.8 Å². The average Bonchev–Trinajstić information content (AvgIpc) is 4.20. The highest BCUT2D eigenvalue weighted by atomic mass is 16.2. The summed E-state index contributed by atoms with van der Waals surface area (Å²) in [7, 11) is 0. The van der Waals surface area contributed by atoms with Crippen LogP contribution in [0.2, 0.25) is 0 Å². The van der Waals surface area contributed by atoms with Gasteiger partial charge in [0.15, 0.2) is 11.9 Å². The summed E-state index contributed by atoms with van der Waals surface area (Å²) in [5.41, 5.74) is 18.6. The summed E-state index contributed by atoms with van der Waals surface area (Å²) in [5.74, 6) is -8.40. The highest BCUT2D eigenvalue weighted by Crippen LogP contribution is 2.21. The Balaban J connectivity index is 1.31. The first-order valence-corrected chi connectivity index (χ1v) is 26.9. The minimum absolute atomic E-state index is 0.00346. The number of rotatable bonds is 17. The topological polar surface area (TPSA) is 464 Å². The number of fused-ring (bicyclic) bond motifs is 1. The molecule has 0 radical (unpaired) electrons. The van der Waals surface area contributed by atoms with Gasteiger partial charge in [0.1, 0.15) is 42.3 Å². The second kappa shape index (κ2) is 30.1. The number of hydrogen-bond acceptors (Lipinski definition) is 13. The first-order valence-electron chi connectivity index (χ1n) is 26.9. The zero-order chi connectivity index (χ0) is 59.3. The molecule has 1 unspecified atom stereocenters. The second-order valence-electron chi connectivity index (χ2n) is 20.1. The summed E-state index contributed by atoms with van der Waals surface area (Å²) in [6.07, 6.45) is 4.16. The molecule has 2 aliphatic heterocycles. The van der Waals surface area contributed by atoms with E-state index in [-0.39, 0.29) is 101 Å². The van der Waals surface area contributed by atoms with Crippen molar-refractivity contribution in [1.82, 2.24) is 73.0 Å². The maximum Gasteiger partial charge on any atom is 0.247 e. The number of guanidine groups is 2. The van der Waals surface area contributed by atoms with E-state index in [9.17, 15) is 47.9 Å². The molecule has 0 saturated carbocycles. The first kappa shape index (κ1) is 61.6. The van der Waals surface area contributed by atoms with Gasteiger partial charge < -0.3 is 85.2 Å². The fourth-order valence-electron chi connectivity index (χ4n) is 9.66. The quantitative estimate of drug-likeness (QED) is 0.0281. The van der Waals surface area contributed by atoms with Crippen LogP contribution in [0.3, 0.4) is 0 Å². The molecular formula is C53H73N19O10. The first-order chi connectivity index (χ1) is 39.3. The Kier molecular flexibility index (Phi) is 22.7. The molecule has 2 aromatic carbocycles. The average molecular weight is 1140 g/mol. The highest BCUT2D eigenvalue weighted by molar-refractivity contribution is 5.99. The standard InChI is InChI=1S/C53H73N19O10/c1-29(73)72-27-33(65-50(81)41(72)17-10-20-62-53(57)58)23-43(75)66-40-24-42(74)60-18-8-7-15-36(45(54)76)67-47(78)38(21-31-25-63-35-14-6-5-13-34(31)35)69-46(77)37(16-9-19-61-52(55)56)68-51(82)44(30-11-3-2-4-12-30)71-49(80)39(70-48(40)79)22-32-26-59-28-64-32/h2-6,11-14,25-26,28,33,36-41,44,63H,7-10,15-24,27H2,1H3,(H2,54,76)(H,59,64)(H,60,74)(H,65,81)(H,66,75)(H,67,78)(H,68,82)(H,69,77)(H,70,79)(H,71,80)(H4,55,56,61)(H4,57,58,62)/t33-,36-,37-,38-,39-,40-,41-,44?/m0/s1. The number of aromatic nitrogens is 3. The van der Waals surface area contributed by atoms with Crippen molar-refractivity contribution in [3.63, 3.8) is 0 Å². The van der Waals surface area contributed by atoms with Crippen molar-refractivity contribution < 1.29 is 47.9 Å². The lowest BCUT2D eigenvalue weighted by Crippen LogP contribution is -2.62. The fourth-order valence-corrected chi connectivity index (χ4v) is 9.66. The van der Waals surface area contributed by atoms with Crippen LogP contribution in [0.1, 0.15) is 87.6 Å². The van der Waals surface area contributed by atoms with Gasteiger partial charge in [0.05, 0.1) is 24.5 Å². The molecule has 6 rings (SSSR count). The molecular weight excluding hydrogens is 1060 g/mol. The lowest BCUT2D eigenvalue weighted by Gasteiger charge is -2.39. The number of nitrogens with one attached hydrogen (secondary N) is 14. The number of aromatic amines is 2. The predicted molar refractivity (Wildman–Crippen MR) is 298 cm³/mol. The van der Waals surface area contributed by atoms with Gasteiger partial charge in [-0.05, 0) is 62.1 Å². The minimum atomic E-state index is -1.66. The number of benzene rings is 2. The molecule has 10 amide bonds. The third kappa shape index (κ3) is 18.5. The Bertz CT molecular complexity index is 2940. The number of piperazine rings is 1. The molecule has 20 N–H and O–H groups in total. The van der Waals surface area contributed by atoms with Crippen LogP contribution in [0.15, 0.2) is 73.3 Å². The zero-order valence-corrected chi connectivity index (χ0v) is 45.4. The molecule has 8 atom stereocenters. The van der Waals surface area contributed by atoms with E-state index < -0.39 is 120 Å². The Hall–Kier alpha value is -9.57. The number of carbonyl (C=O) groups excluding carboxylic acids is 10. The molecule has 440 valence electrons.